The molecular formula is C22H29NO4. The van der Waals surface area contributed by atoms with Crippen LogP contribution in [0.3, 0.4) is 0 Å². The van der Waals surface area contributed by atoms with Crippen molar-refractivity contribution in [2.75, 3.05) is 14.2 Å². The highest BCUT2D eigenvalue weighted by Gasteiger charge is 2.20. The van der Waals surface area contributed by atoms with Gasteiger partial charge in [-0.05, 0) is 49.1 Å². The standard InChI is InChI=1S/C22H29NO4/c1-14(2)18-9-7-8-10-19(18)27-16(4)22(24)23-15(3)17-11-12-20(25-5)21(13-17)26-6/h7-16H,1-6H3,(H,23,24)/t15-,16-/m1/s1. The first-order chi connectivity index (χ1) is 12.9. The van der Waals surface area contributed by atoms with E-state index in [-0.39, 0.29) is 11.9 Å². The first kappa shape index (κ1) is 20.6. The minimum Gasteiger partial charge on any atom is -0.493 e. The van der Waals surface area contributed by atoms with Gasteiger partial charge in [0.15, 0.2) is 17.6 Å². The maximum atomic E-state index is 12.6. The zero-order valence-corrected chi connectivity index (χ0v) is 16.9. The first-order valence-electron chi connectivity index (χ1n) is 9.15. The van der Waals surface area contributed by atoms with Crippen molar-refractivity contribution < 1.29 is 19.0 Å². The Morgan fingerprint density at radius 1 is 0.889 bits per heavy atom. The van der Waals surface area contributed by atoms with Gasteiger partial charge in [-0.3, -0.25) is 4.79 Å². The second-order valence-corrected chi connectivity index (χ2v) is 6.80. The molecule has 27 heavy (non-hydrogen) atoms. The fourth-order valence-corrected chi connectivity index (χ4v) is 2.85. The van der Waals surface area contributed by atoms with Crippen molar-refractivity contribution in [2.45, 2.75) is 45.8 Å². The summed E-state index contributed by atoms with van der Waals surface area (Å²) in [6.07, 6.45) is -0.604. The van der Waals surface area contributed by atoms with Crippen LogP contribution in [0.5, 0.6) is 17.2 Å². The monoisotopic (exact) mass is 371 g/mol. The lowest BCUT2D eigenvalue weighted by molar-refractivity contribution is -0.127. The highest BCUT2D eigenvalue weighted by Crippen LogP contribution is 2.30. The molecule has 0 fully saturated rings. The third-order valence-electron chi connectivity index (χ3n) is 4.48. The molecule has 0 aliphatic heterocycles. The quantitative estimate of drug-likeness (QED) is 0.744. The number of hydrogen-bond donors (Lipinski definition) is 1. The maximum absolute atomic E-state index is 12.6. The number of amides is 1. The van der Waals surface area contributed by atoms with E-state index < -0.39 is 6.10 Å². The first-order valence-corrected chi connectivity index (χ1v) is 9.15. The van der Waals surface area contributed by atoms with E-state index in [1.807, 2.05) is 49.4 Å². The van der Waals surface area contributed by atoms with E-state index in [1.54, 1.807) is 21.1 Å². The SMILES string of the molecule is COc1ccc([C@@H](C)NC(=O)[C@@H](C)Oc2ccccc2C(C)C)cc1OC. The van der Waals surface area contributed by atoms with Crippen molar-refractivity contribution in [1.82, 2.24) is 5.32 Å². The third-order valence-corrected chi connectivity index (χ3v) is 4.48. The van der Waals surface area contributed by atoms with Gasteiger partial charge >= 0.3 is 0 Å². The van der Waals surface area contributed by atoms with Gasteiger partial charge in [0.05, 0.1) is 20.3 Å². The van der Waals surface area contributed by atoms with Crippen molar-refractivity contribution in [1.29, 1.82) is 0 Å². The van der Waals surface area contributed by atoms with Crippen LogP contribution in [0.25, 0.3) is 0 Å². The van der Waals surface area contributed by atoms with Crippen molar-refractivity contribution in [3.63, 3.8) is 0 Å². The molecule has 0 heterocycles. The minimum absolute atomic E-state index is 0.171. The number of hydrogen-bond acceptors (Lipinski definition) is 4. The van der Waals surface area contributed by atoms with Gasteiger partial charge in [0.25, 0.3) is 5.91 Å². The topological polar surface area (TPSA) is 56.8 Å². The van der Waals surface area contributed by atoms with E-state index >= 15 is 0 Å². The molecule has 146 valence electrons. The van der Waals surface area contributed by atoms with Crippen LogP contribution in [0, 0.1) is 0 Å². The van der Waals surface area contributed by atoms with Gasteiger partial charge in [0.1, 0.15) is 5.75 Å². The van der Waals surface area contributed by atoms with Gasteiger partial charge in [-0.25, -0.2) is 0 Å². The highest BCUT2D eigenvalue weighted by atomic mass is 16.5. The molecule has 0 spiro atoms. The summed E-state index contributed by atoms with van der Waals surface area (Å²) in [6, 6.07) is 13.2. The Morgan fingerprint density at radius 3 is 2.19 bits per heavy atom. The minimum atomic E-state index is -0.604. The third kappa shape index (κ3) is 5.16. The lowest BCUT2D eigenvalue weighted by atomic mass is 10.0. The van der Waals surface area contributed by atoms with E-state index in [0.717, 1.165) is 16.9 Å². The van der Waals surface area contributed by atoms with E-state index in [1.165, 1.54) is 0 Å². The summed E-state index contributed by atoms with van der Waals surface area (Å²) in [7, 11) is 3.18. The number of methoxy groups -OCH3 is 2. The molecule has 5 heteroatoms. The Labute approximate surface area is 161 Å². The second-order valence-electron chi connectivity index (χ2n) is 6.80. The molecule has 0 saturated heterocycles. The molecule has 2 rings (SSSR count). The second kappa shape index (κ2) is 9.31. The van der Waals surface area contributed by atoms with E-state index in [9.17, 15) is 4.79 Å². The fourth-order valence-electron chi connectivity index (χ4n) is 2.85. The van der Waals surface area contributed by atoms with Crippen molar-refractivity contribution in [2.24, 2.45) is 0 Å². The molecule has 0 unspecified atom stereocenters. The van der Waals surface area contributed by atoms with Gasteiger partial charge in [-0.15, -0.1) is 0 Å². The lowest BCUT2D eigenvalue weighted by Gasteiger charge is -2.21. The zero-order chi connectivity index (χ0) is 20.0. The van der Waals surface area contributed by atoms with Crippen LogP contribution >= 0.6 is 0 Å². The smallest absolute Gasteiger partial charge is 0.261 e. The number of nitrogens with one attached hydrogen (secondary N) is 1. The summed E-state index contributed by atoms with van der Waals surface area (Å²) in [6.45, 7) is 7.89. The van der Waals surface area contributed by atoms with Gasteiger partial charge in [0, 0.05) is 0 Å². The number of ether oxygens (including phenoxy) is 3. The summed E-state index contributed by atoms with van der Waals surface area (Å²) < 4.78 is 16.5. The number of rotatable bonds is 8. The Bertz CT molecular complexity index is 773. The largest absolute Gasteiger partial charge is 0.493 e. The molecular weight excluding hydrogens is 342 g/mol. The molecule has 0 aliphatic rings. The Hall–Kier alpha value is -2.69. The normalized spacial score (nSPS) is 13.0. The molecule has 0 aliphatic carbocycles. The number of benzene rings is 2. The molecule has 0 radical (unpaired) electrons. The van der Waals surface area contributed by atoms with Crippen LogP contribution in [-0.2, 0) is 4.79 Å². The van der Waals surface area contributed by atoms with Gasteiger partial charge in [-0.1, -0.05) is 38.1 Å². The van der Waals surface area contributed by atoms with Crippen molar-refractivity contribution in [3.8, 4) is 17.2 Å². The summed E-state index contributed by atoms with van der Waals surface area (Å²) in [5.74, 6) is 2.18. The lowest BCUT2D eigenvalue weighted by Crippen LogP contribution is -2.37. The van der Waals surface area contributed by atoms with Crippen molar-refractivity contribution >= 4 is 5.91 Å². The van der Waals surface area contributed by atoms with Crippen LogP contribution < -0.4 is 19.5 Å². The summed E-state index contributed by atoms with van der Waals surface area (Å²) >= 11 is 0. The van der Waals surface area contributed by atoms with Gasteiger partial charge < -0.3 is 19.5 Å². The molecule has 2 aromatic carbocycles. The molecule has 1 N–H and O–H groups in total. The fraction of sp³-hybridized carbons (Fsp3) is 0.409. The van der Waals surface area contributed by atoms with E-state index in [0.29, 0.717) is 17.4 Å². The van der Waals surface area contributed by atoms with Gasteiger partial charge in [-0.2, -0.15) is 0 Å². The van der Waals surface area contributed by atoms with E-state index in [4.69, 9.17) is 14.2 Å². The highest BCUT2D eigenvalue weighted by molar-refractivity contribution is 5.81. The molecule has 1 amide bonds. The van der Waals surface area contributed by atoms with Crippen LogP contribution in [0.4, 0.5) is 0 Å². The zero-order valence-electron chi connectivity index (χ0n) is 16.9. The maximum Gasteiger partial charge on any atom is 0.261 e. The number of carbonyl (C=O) groups is 1. The average Bonchev–Trinajstić information content (AvgIpc) is 2.67. The predicted octanol–water partition coefficient (Wildman–Crippen LogP) is 4.47. The van der Waals surface area contributed by atoms with Crippen LogP contribution in [0.1, 0.15) is 50.8 Å². The molecule has 5 nitrogen and oxygen atoms in total. The Morgan fingerprint density at radius 2 is 1.56 bits per heavy atom. The van der Waals surface area contributed by atoms with E-state index in [2.05, 4.69) is 19.2 Å². The van der Waals surface area contributed by atoms with Crippen LogP contribution in [0.15, 0.2) is 42.5 Å². The molecule has 2 aromatic rings. The Kier molecular flexibility index (Phi) is 7.11. The summed E-state index contributed by atoms with van der Waals surface area (Å²) in [5, 5.41) is 2.99. The number of para-hydroxylation sites is 1. The molecule has 0 aromatic heterocycles. The molecule has 0 bridgehead atoms. The number of carbonyl (C=O) groups excluding carboxylic acids is 1. The van der Waals surface area contributed by atoms with Crippen molar-refractivity contribution in [3.05, 3.63) is 53.6 Å². The summed E-state index contributed by atoms with van der Waals surface area (Å²) in [5.41, 5.74) is 2.01. The van der Waals surface area contributed by atoms with Gasteiger partial charge in [0.2, 0.25) is 0 Å². The summed E-state index contributed by atoms with van der Waals surface area (Å²) in [4.78, 5) is 12.6. The Balaban J connectivity index is 2.06. The van der Waals surface area contributed by atoms with Crippen LogP contribution in [0.2, 0.25) is 0 Å². The molecule has 2 atom stereocenters. The molecule has 0 saturated carbocycles. The van der Waals surface area contributed by atoms with Crippen LogP contribution in [-0.4, -0.2) is 26.2 Å². The predicted molar refractivity (Wildman–Crippen MR) is 107 cm³/mol. The average molecular weight is 371 g/mol.